The van der Waals surface area contributed by atoms with E-state index >= 15 is 0 Å². The van der Waals surface area contributed by atoms with E-state index in [0.717, 1.165) is 13.2 Å². The maximum atomic E-state index is 6.32. The van der Waals surface area contributed by atoms with E-state index in [1.165, 1.54) is 27.8 Å². The van der Waals surface area contributed by atoms with Crippen molar-refractivity contribution < 1.29 is 4.74 Å². The van der Waals surface area contributed by atoms with E-state index in [-0.39, 0.29) is 6.04 Å². The summed E-state index contributed by atoms with van der Waals surface area (Å²) in [4.78, 5) is 0. The lowest BCUT2D eigenvalue weighted by Gasteiger charge is -2.13. The molecule has 2 N–H and O–H groups in total. The lowest BCUT2D eigenvalue weighted by molar-refractivity contribution is 0.134. The van der Waals surface area contributed by atoms with Gasteiger partial charge in [-0.3, -0.25) is 0 Å². The highest BCUT2D eigenvalue weighted by Gasteiger charge is 2.16. The maximum absolute atomic E-state index is 6.32. The second-order valence-electron chi connectivity index (χ2n) is 4.51. The number of nitrogens with two attached hydrogens (primary N) is 1. The average molecular weight is 245 g/mol. The van der Waals surface area contributed by atoms with Gasteiger partial charge in [0, 0.05) is 0 Å². The van der Waals surface area contributed by atoms with Crippen LogP contribution in [0.25, 0.3) is 0 Å². The zero-order valence-electron chi connectivity index (χ0n) is 9.77. The van der Waals surface area contributed by atoms with Crippen LogP contribution >= 0.6 is 11.3 Å². The summed E-state index contributed by atoms with van der Waals surface area (Å²) in [6.45, 7) is 3.57. The third-order valence-corrected chi connectivity index (χ3v) is 4.21. The summed E-state index contributed by atoms with van der Waals surface area (Å²) in [7, 11) is 0. The maximum Gasteiger partial charge on any atom is 0.0725 e. The van der Waals surface area contributed by atoms with E-state index in [4.69, 9.17) is 10.5 Å². The van der Waals surface area contributed by atoms with E-state index in [9.17, 15) is 0 Å². The topological polar surface area (TPSA) is 35.2 Å². The van der Waals surface area contributed by atoms with Gasteiger partial charge in [-0.05, 0) is 45.5 Å². The number of hydrogen-bond donors (Lipinski definition) is 1. The van der Waals surface area contributed by atoms with Gasteiger partial charge in [-0.15, -0.1) is 0 Å². The van der Waals surface area contributed by atoms with Gasteiger partial charge in [0.05, 0.1) is 19.3 Å². The van der Waals surface area contributed by atoms with Gasteiger partial charge in [0.1, 0.15) is 0 Å². The average Bonchev–Trinajstić information content (AvgIpc) is 2.95. The highest BCUT2D eigenvalue weighted by molar-refractivity contribution is 7.08. The molecule has 0 aliphatic carbocycles. The molecule has 0 saturated heterocycles. The lowest BCUT2D eigenvalue weighted by atomic mass is 9.96. The van der Waals surface area contributed by atoms with Gasteiger partial charge in [-0.25, -0.2) is 0 Å². The van der Waals surface area contributed by atoms with Crippen LogP contribution in [0, 0.1) is 6.92 Å². The SMILES string of the molecule is Cc1cscc1C(N)c1ccc2c(c1)COC2. The Morgan fingerprint density at radius 3 is 2.82 bits per heavy atom. The molecule has 0 radical (unpaired) electrons. The number of fused-ring (bicyclic) bond motifs is 1. The van der Waals surface area contributed by atoms with Crippen LogP contribution in [0.3, 0.4) is 0 Å². The van der Waals surface area contributed by atoms with Crippen molar-refractivity contribution in [1.29, 1.82) is 0 Å². The number of rotatable bonds is 2. The Hall–Kier alpha value is -1.16. The molecular weight excluding hydrogens is 230 g/mol. The quantitative estimate of drug-likeness (QED) is 0.882. The minimum atomic E-state index is -0.0212. The molecule has 2 nitrogen and oxygen atoms in total. The number of benzene rings is 1. The molecule has 0 saturated carbocycles. The number of aryl methyl sites for hydroxylation is 1. The van der Waals surface area contributed by atoms with E-state index in [1.54, 1.807) is 11.3 Å². The molecule has 2 aromatic rings. The fourth-order valence-corrected chi connectivity index (χ4v) is 3.14. The smallest absolute Gasteiger partial charge is 0.0725 e. The highest BCUT2D eigenvalue weighted by Crippen LogP contribution is 2.29. The monoisotopic (exact) mass is 245 g/mol. The highest BCUT2D eigenvalue weighted by atomic mass is 32.1. The van der Waals surface area contributed by atoms with Crippen LogP contribution < -0.4 is 5.73 Å². The van der Waals surface area contributed by atoms with Crippen LogP contribution in [0.2, 0.25) is 0 Å². The van der Waals surface area contributed by atoms with Gasteiger partial charge in [0.2, 0.25) is 0 Å². The second kappa shape index (κ2) is 4.26. The van der Waals surface area contributed by atoms with Crippen LogP contribution in [0.5, 0.6) is 0 Å². The molecule has 0 spiro atoms. The van der Waals surface area contributed by atoms with E-state index < -0.39 is 0 Å². The minimum Gasteiger partial charge on any atom is -0.372 e. The molecule has 1 aliphatic rings. The van der Waals surface area contributed by atoms with Crippen molar-refractivity contribution in [3.8, 4) is 0 Å². The van der Waals surface area contributed by atoms with Gasteiger partial charge in [-0.1, -0.05) is 18.2 Å². The van der Waals surface area contributed by atoms with Gasteiger partial charge in [0.25, 0.3) is 0 Å². The number of ether oxygens (including phenoxy) is 1. The van der Waals surface area contributed by atoms with Crippen LogP contribution in [0.15, 0.2) is 29.0 Å². The summed E-state index contributed by atoms with van der Waals surface area (Å²) in [6, 6.07) is 6.42. The van der Waals surface area contributed by atoms with E-state index in [1.807, 2.05) is 0 Å². The summed E-state index contributed by atoms with van der Waals surface area (Å²) >= 11 is 1.71. The first-order valence-corrected chi connectivity index (χ1v) is 6.67. The molecule has 88 valence electrons. The van der Waals surface area contributed by atoms with Crippen molar-refractivity contribution in [3.05, 3.63) is 56.8 Å². The molecule has 0 bridgehead atoms. The fraction of sp³-hybridized carbons (Fsp3) is 0.286. The van der Waals surface area contributed by atoms with Crippen molar-refractivity contribution in [3.63, 3.8) is 0 Å². The normalized spacial score (nSPS) is 15.9. The molecule has 0 amide bonds. The molecule has 1 aromatic heterocycles. The molecule has 1 aromatic carbocycles. The molecule has 3 rings (SSSR count). The third-order valence-electron chi connectivity index (χ3n) is 3.33. The van der Waals surface area contributed by atoms with Gasteiger partial charge in [0.15, 0.2) is 0 Å². The fourth-order valence-electron chi connectivity index (χ4n) is 2.25. The molecular formula is C14H15NOS. The van der Waals surface area contributed by atoms with Gasteiger partial charge in [-0.2, -0.15) is 11.3 Å². The Morgan fingerprint density at radius 2 is 2.06 bits per heavy atom. The first-order chi connectivity index (χ1) is 8.25. The molecule has 1 unspecified atom stereocenters. The Bertz CT molecular complexity index is 547. The molecule has 0 fully saturated rings. The predicted octanol–water partition coefficient (Wildman–Crippen LogP) is 3.13. The predicted molar refractivity (Wildman–Crippen MR) is 70.0 cm³/mol. The third kappa shape index (κ3) is 1.90. The van der Waals surface area contributed by atoms with Crippen molar-refractivity contribution in [2.24, 2.45) is 5.73 Å². The van der Waals surface area contributed by atoms with Crippen molar-refractivity contribution in [2.75, 3.05) is 0 Å². The molecule has 1 atom stereocenters. The van der Waals surface area contributed by atoms with Crippen LogP contribution in [0.1, 0.15) is 33.9 Å². The zero-order valence-corrected chi connectivity index (χ0v) is 10.6. The largest absolute Gasteiger partial charge is 0.372 e. The Balaban J connectivity index is 1.97. The molecule has 3 heteroatoms. The Labute approximate surface area is 105 Å². The number of hydrogen-bond acceptors (Lipinski definition) is 3. The van der Waals surface area contributed by atoms with Crippen LogP contribution in [-0.2, 0) is 18.0 Å². The van der Waals surface area contributed by atoms with Crippen molar-refractivity contribution >= 4 is 11.3 Å². The standard InChI is InChI=1S/C14H15NOS/c1-9-7-17-8-13(9)14(15)10-2-3-11-5-16-6-12(11)4-10/h2-4,7-8,14H,5-6,15H2,1H3. The van der Waals surface area contributed by atoms with Crippen molar-refractivity contribution in [1.82, 2.24) is 0 Å². The minimum absolute atomic E-state index is 0.0212. The van der Waals surface area contributed by atoms with Gasteiger partial charge < -0.3 is 10.5 Å². The van der Waals surface area contributed by atoms with Crippen LogP contribution in [0.4, 0.5) is 0 Å². The lowest BCUT2D eigenvalue weighted by Crippen LogP contribution is -2.12. The first kappa shape index (κ1) is 11.0. The van der Waals surface area contributed by atoms with E-state index in [0.29, 0.717) is 0 Å². The summed E-state index contributed by atoms with van der Waals surface area (Å²) in [5.41, 5.74) is 12.6. The molecule has 17 heavy (non-hydrogen) atoms. The summed E-state index contributed by atoms with van der Waals surface area (Å²) in [5.74, 6) is 0. The zero-order chi connectivity index (χ0) is 11.8. The van der Waals surface area contributed by atoms with E-state index in [2.05, 4.69) is 35.9 Å². The van der Waals surface area contributed by atoms with Crippen molar-refractivity contribution in [2.45, 2.75) is 26.2 Å². The first-order valence-electron chi connectivity index (χ1n) is 5.73. The summed E-state index contributed by atoms with van der Waals surface area (Å²) in [6.07, 6.45) is 0. The van der Waals surface area contributed by atoms with Crippen LogP contribution in [-0.4, -0.2) is 0 Å². The number of thiophene rings is 1. The second-order valence-corrected chi connectivity index (χ2v) is 5.25. The molecule has 2 heterocycles. The summed E-state index contributed by atoms with van der Waals surface area (Å²) in [5, 5.41) is 4.29. The Kier molecular flexibility index (Phi) is 2.74. The molecule has 1 aliphatic heterocycles. The van der Waals surface area contributed by atoms with Gasteiger partial charge >= 0.3 is 0 Å². The summed E-state index contributed by atoms with van der Waals surface area (Å²) < 4.78 is 5.43. The Morgan fingerprint density at radius 1 is 1.24 bits per heavy atom.